The van der Waals surface area contributed by atoms with E-state index in [0.717, 1.165) is 24.2 Å². The third kappa shape index (κ3) is 4.06. The van der Waals surface area contributed by atoms with Crippen molar-refractivity contribution in [1.82, 2.24) is 4.98 Å². The molecule has 1 saturated carbocycles. The first-order chi connectivity index (χ1) is 12.6. The standard InChI is InChI=1S/C18H16FN3O3S/c19-13-6-4-11(5-7-13)16-15(9-20)26-18(21-16)22-17(24)12-2-1-3-14(8-12)25-10-23/h4-7,10,12,14H,1-3,8H2,(H,21,22,24). The van der Waals surface area contributed by atoms with E-state index in [2.05, 4.69) is 16.4 Å². The summed E-state index contributed by atoms with van der Waals surface area (Å²) < 4.78 is 18.1. The molecular formula is C18H16FN3O3S. The minimum absolute atomic E-state index is 0.201. The van der Waals surface area contributed by atoms with Crippen molar-refractivity contribution in [2.75, 3.05) is 5.32 Å². The fourth-order valence-electron chi connectivity index (χ4n) is 3.05. The Hall–Kier alpha value is -2.79. The summed E-state index contributed by atoms with van der Waals surface area (Å²) in [5.41, 5.74) is 1.02. The summed E-state index contributed by atoms with van der Waals surface area (Å²) in [6.07, 6.45) is 2.52. The average molecular weight is 373 g/mol. The Morgan fingerprint density at radius 1 is 1.38 bits per heavy atom. The van der Waals surface area contributed by atoms with E-state index < -0.39 is 0 Å². The highest BCUT2D eigenvalue weighted by atomic mass is 32.1. The number of nitriles is 1. The fraction of sp³-hybridized carbons (Fsp3) is 0.333. The predicted octanol–water partition coefficient (Wildman–Crippen LogP) is 3.49. The number of amides is 1. The largest absolute Gasteiger partial charge is 0.465 e. The number of carbonyl (C=O) groups is 2. The van der Waals surface area contributed by atoms with Crippen molar-refractivity contribution in [3.63, 3.8) is 0 Å². The molecule has 1 fully saturated rings. The van der Waals surface area contributed by atoms with Gasteiger partial charge in [-0.25, -0.2) is 9.37 Å². The number of hydrogen-bond acceptors (Lipinski definition) is 6. The highest BCUT2D eigenvalue weighted by molar-refractivity contribution is 7.16. The lowest BCUT2D eigenvalue weighted by Gasteiger charge is -2.26. The molecule has 0 aliphatic heterocycles. The maximum Gasteiger partial charge on any atom is 0.293 e. The van der Waals surface area contributed by atoms with Crippen LogP contribution in [0.5, 0.6) is 0 Å². The van der Waals surface area contributed by atoms with Crippen LogP contribution in [0.2, 0.25) is 0 Å². The lowest BCUT2D eigenvalue weighted by Crippen LogP contribution is -2.31. The van der Waals surface area contributed by atoms with Gasteiger partial charge in [-0.1, -0.05) is 11.3 Å². The van der Waals surface area contributed by atoms with Crippen LogP contribution in [-0.2, 0) is 14.3 Å². The third-order valence-corrected chi connectivity index (χ3v) is 5.20. The van der Waals surface area contributed by atoms with Gasteiger partial charge < -0.3 is 10.1 Å². The van der Waals surface area contributed by atoms with E-state index in [-0.39, 0.29) is 23.7 Å². The number of rotatable bonds is 5. The smallest absolute Gasteiger partial charge is 0.293 e. The molecule has 2 unspecified atom stereocenters. The molecule has 1 N–H and O–H groups in total. The first-order valence-electron chi connectivity index (χ1n) is 8.17. The second kappa shape index (κ2) is 8.06. The number of nitrogens with one attached hydrogen (secondary N) is 1. The van der Waals surface area contributed by atoms with Crippen LogP contribution in [0.3, 0.4) is 0 Å². The summed E-state index contributed by atoms with van der Waals surface area (Å²) in [6, 6.07) is 7.73. The van der Waals surface area contributed by atoms with Crippen molar-refractivity contribution in [2.24, 2.45) is 5.92 Å². The number of benzene rings is 1. The van der Waals surface area contributed by atoms with Crippen molar-refractivity contribution in [2.45, 2.75) is 31.8 Å². The zero-order valence-electron chi connectivity index (χ0n) is 13.8. The van der Waals surface area contributed by atoms with Crippen molar-refractivity contribution < 1.29 is 18.7 Å². The van der Waals surface area contributed by atoms with Crippen LogP contribution >= 0.6 is 11.3 Å². The number of hydrogen-bond donors (Lipinski definition) is 1. The molecule has 0 radical (unpaired) electrons. The second-order valence-corrected chi connectivity index (χ2v) is 7.02. The van der Waals surface area contributed by atoms with Gasteiger partial charge in [0.15, 0.2) is 5.13 Å². The fourth-order valence-corrected chi connectivity index (χ4v) is 3.83. The third-order valence-electron chi connectivity index (χ3n) is 4.32. The van der Waals surface area contributed by atoms with E-state index in [4.69, 9.17) is 4.74 Å². The van der Waals surface area contributed by atoms with Gasteiger partial charge in [0, 0.05) is 11.5 Å². The van der Waals surface area contributed by atoms with E-state index in [1.54, 1.807) is 12.1 Å². The molecule has 0 bridgehead atoms. The number of anilines is 1. The molecule has 8 heteroatoms. The molecule has 0 spiro atoms. The molecule has 1 aromatic heterocycles. The highest BCUT2D eigenvalue weighted by Crippen LogP contribution is 2.32. The Balaban J connectivity index is 1.74. The van der Waals surface area contributed by atoms with Gasteiger partial charge in [-0.2, -0.15) is 5.26 Å². The van der Waals surface area contributed by atoms with Crippen LogP contribution in [0.4, 0.5) is 9.52 Å². The molecule has 1 aliphatic rings. The molecule has 1 aliphatic carbocycles. The quantitative estimate of drug-likeness (QED) is 0.810. The second-order valence-electron chi connectivity index (χ2n) is 6.02. The summed E-state index contributed by atoms with van der Waals surface area (Å²) in [4.78, 5) is 27.6. The lowest BCUT2D eigenvalue weighted by atomic mass is 9.86. The van der Waals surface area contributed by atoms with Gasteiger partial charge in [-0.05, 0) is 49.9 Å². The van der Waals surface area contributed by atoms with Crippen molar-refractivity contribution in [3.8, 4) is 17.3 Å². The zero-order chi connectivity index (χ0) is 18.5. The number of carbonyl (C=O) groups excluding carboxylic acids is 2. The van der Waals surface area contributed by atoms with Gasteiger partial charge in [0.25, 0.3) is 6.47 Å². The summed E-state index contributed by atoms with van der Waals surface area (Å²) in [5, 5.41) is 12.4. The van der Waals surface area contributed by atoms with Crippen LogP contribution in [-0.4, -0.2) is 23.5 Å². The normalized spacial score (nSPS) is 19.4. The van der Waals surface area contributed by atoms with Crippen LogP contribution in [0.15, 0.2) is 24.3 Å². The maximum atomic E-state index is 13.1. The Morgan fingerprint density at radius 2 is 2.15 bits per heavy atom. The zero-order valence-corrected chi connectivity index (χ0v) is 14.6. The Morgan fingerprint density at radius 3 is 2.85 bits per heavy atom. The van der Waals surface area contributed by atoms with Gasteiger partial charge in [0.2, 0.25) is 5.91 Å². The molecule has 134 valence electrons. The summed E-state index contributed by atoms with van der Waals surface area (Å²) in [7, 11) is 0. The van der Waals surface area contributed by atoms with E-state index in [1.165, 1.54) is 12.1 Å². The van der Waals surface area contributed by atoms with Crippen LogP contribution < -0.4 is 5.32 Å². The van der Waals surface area contributed by atoms with Crippen LogP contribution in [0.25, 0.3) is 11.3 Å². The molecule has 1 heterocycles. The number of halogens is 1. The Labute approximate surface area is 153 Å². The van der Waals surface area contributed by atoms with Crippen LogP contribution in [0, 0.1) is 23.1 Å². The Kier molecular flexibility index (Phi) is 5.58. The SMILES string of the molecule is N#Cc1sc(NC(=O)C2CCCC(OC=O)C2)nc1-c1ccc(F)cc1. The molecule has 26 heavy (non-hydrogen) atoms. The number of ether oxygens (including phenoxy) is 1. The molecule has 1 aromatic carbocycles. The van der Waals surface area contributed by atoms with Gasteiger partial charge in [-0.15, -0.1) is 0 Å². The van der Waals surface area contributed by atoms with Gasteiger partial charge in [0.05, 0.1) is 0 Å². The Bertz CT molecular complexity index is 844. The van der Waals surface area contributed by atoms with Gasteiger partial charge in [-0.3, -0.25) is 9.59 Å². The first kappa shape index (κ1) is 18.0. The van der Waals surface area contributed by atoms with Crippen LogP contribution in [0.1, 0.15) is 30.6 Å². The maximum absolute atomic E-state index is 13.1. The molecule has 3 rings (SSSR count). The summed E-state index contributed by atoms with van der Waals surface area (Å²) >= 11 is 1.08. The highest BCUT2D eigenvalue weighted by Gasteiger charge is 2.29. The lowest BCUT2D eigenvalue weighted by molar-refractivity contribution is -0.137. The number of aromatic nitrogens is 1. The van der Waals surface area contributed by atoms with Gasteiger partial charge in [0.1, 0.15) is 28.6 Å². The van der Waals surface area contributed by atoms with E-state index in [0.29, 0.717) is 40.6 Å². The summed E-state index contributed by atoms with van der Waals surface area (Å²) in [5.74, 6) is -0.842. The predicted molar refractivity (Wildman–Crippen MR) is 93.7 cm³/mol. The monoisotopic (exact) mass is 373 g/mol. The number of nitrogens with zero attached hydrogens (tertiary/aromatic N) is 2. The molecule has 6 nitrogen and oxygen atoms in total. The van der Waals surface area contributed by atoms with Crippen molar-refractivity contribution in [3.05, 3.63) is 35.0 Å². The molecular weight excluding hydrogens is 357 g/mol. The van der Waals surface area contributed by atoms with E-state index >= 15 is 0 Å². The van der Waals surface area contributed by atoms with E-state index in [1.807, 2.05) is 0 Å². The minimum atomic E-state index is -0.375. The summed E-state index contributed by atoms with van der Waals surface area (Å²) in [6.45, 7) is 0.417. The average Bonchev–Trinajstić information content (AvgIpc) is 3.05. The minimum Gasteiger partial charge on any atom is -0.465 e. The first-order valence-corrected chi connectivity index (χ1v) is 8.99. The molecule has 1 amide bonds. The van der Waals surface area contributed by atoms with Crippen molar-refractivity contribution >= 4 is 28.8 Å². The molecule has 2 atom stereocenters. The van der Waals surface area contributed by atoms with Gasteiger partial charge >= 0.3 is 0 Å². The van der Waals surface area contributed by atoms with Crippen molar-refractivity contribution in [1.29, 1.82) is 5.26 Å². The van der Waals surface area contributed by atoms with E-state index in [9.17, 15) is 19.2 Å². The topological polar surface area (TPSA) is 92.1 Å². The molecule has 0 saturated heterocycles. The number of thiazole rings is 1. The molecule has 2 aromatic rings.